The highest BCUT2D eigenvalue weighted by atomic mass is 35.5. The molecule has 1 aromatic rings. The molecular formula is C17H28ClN3O3. The molecule has 2 heterocycles. The summed E-state index contributed by atoms with van der Waals surface area (Å²) in [5, 5.41) is 10.6. The van der Waals surface area contributed by atoms with Gasteiger partial charge in [-0.25, -0.2) is 0 Å². The van der Waals surface area contributed by atoms with Crippen LogP contribution in [0.2, 0.25) is 0 Å². The van der Waals surface area contributed by atoms with Crippen molar-refractivity contribution in [3.63, 3.8) is 0 Å². The number of methoxy groups -OCH3 is 1. The van der Waals surface area contributed by atoms with Crippen LogP contribution >= 0.6 is 12.4 Å². The van der Waals surface area contributed by atoms with Crippen LogP contribution in [0.3, 0.4) is 0 Å². The summed E-state index contributed by atoms with van der Waals surface area (Å²) in [7, 11) is 1.75. The fraction of sp³-hybridized carbons (Fsp3) is 0.765. The SMILES string of the molecule is CO[C@H]1C[C@@H]2CNC[C@@H]2C[C@@H]1NC(=O)CCc1c(C)noc1C.Cl. The Bertz CT molecular complexity index is 544. The number of halogens is 1. The van der Waals surface area contributed by atoms with E-state index < -0.39 is 0 Å². The second-order valence-electron chi connectivity index (χ2n) is 6.90. The van der Waals surface area contributed by atoms with E-state index in [4.69, 9.17) is 9.26 Å². The summed E-state index contributed by atoms with van der Waals surface area (Å²) >= 11 is 0. The number of hydrogen-bond donors (Lipinski definition) is 2. The first-order valence-electron chi connectivity index (χ1n) is 8.53. The minimum atomic E-state index is 0. The van der Waals surface area contributed by atoms with Gasteiger partial charge in [0.1, 0.15) is 5.76 Å². The normalized spacial score (nSPS) is 29.0. The Morgan fingerprint density at radius 1 is 1.33 bits per heavy atom. The van der Waals surface area contributed by atoms with Crippen LogP contribution in [0, 0.1) is 25.7 Å². The summed E-state index contributed by atoms with van der Waals surface area (Å²) in [5.41, 5.74) is 1.93. The quantitative estimate of drug-likeness (QED) is 0.840. The molecule has 1 aromatic heterocycles. The molecule has 2 fully saturated rings. The number of nitrogens with one attached hydrogen (secondary N) is 2. The standard InChI is InChI=1S/C17H27N3O3.ClH/c1-10-14(11(2)23-20-10)4-5-17(21)19-15-6-12-8-18-9-13(12)7-16(15)22-3;/h12-13,15-16,18H,4-9H2,1-3H3,(H,19,21);1H/t12-,13+,15-,16-;/m0./s1. The van der Waals surface area contributed by atoms with Crippen molar-refractivity contribution in [2.45, 2.75) is 51.7 Å². The van der Waals surface area contributed by atoms with Gasteiger partial charge in [0.15, 0.2) is 0 Å². The van der Waals surface area contributed by atoms with Gasteiger partial charge in [-0.1, -0.05) is 5.16 Å². The third kappa shape index (κ3) is 4.10. The zero-order valence-electron chi connectivity index (χ0n) is 14.6. The number of aromatic nitrogens is 1. The number of carbonyl (C=O) groups excluding carboxylic acids is 1. The van der Waals surface area contributed by atoms with Crippen LogP contribution in [0.4, 0.5) is 0 Å². The monoisotopic (exact) mass is 357 g/mol. The molecule has 2 aliphatic rings. The molecule has 1 saturated carbocycles. The molecule has 2 N–H and O–H groups in total. The molecule has 3 rings (SSSR count). The zero-order valence-corrected chi connectivity index (χ0v) is 15.4. The lowest BCUT2D eigenvalue weighted by Gasteiger charge is -2.37. The second kappa shape index (κ2) is 8.32. The van der Waals surface area contributed by atoms with Crippen LogP contribution in [0.15, 0.2) is 4.52 Å². The Labute approximate surface area is 149 Å². The smallest absolute Gasteiger partial charge is 0.220 e. The van der Waals surface area contributed by atoms with E-state index in [1.165, 1.54) is 0 Å². The maximum atomic E-state index is 12.3. The van der Waals surface area contributed by atoms with Crippen LogP contribution in [-0.4, -0.2) is 43.4 Å². The van der Waals surface area contributed by atoms with E-state index in [1.54, 1.807) is 7.11 Å². The van der Waals surface area contributed by atoms with Crippen LogP contribution in [0.1, 0.15) is 36.3 Å². The summed E-state index contributed by atoms with van der Waals surface area (Å²) < 4.78 is 10.8. The van der Waals surface area contributed by atoms with E-state index in [2.05, 4.69) is 15.8 Å². The number of nitrogens with zero attached hydrogens (tertiary/aromatic N) is 1. The molecule has 24 heavy (non-hydrogen) atoms. The fourth-order valence-electron chi connectivity index (χ4n) is 4.07. The maximum Gasteiger partial charge on any atom is 0.220 e. The van der Waals surface area contributed by atoms with Crippen molar-refractivity contribution in [3.8, 4) is 0 Å². The Kier molecular flexibility index (Phi) is 6.66. The Morgan fingerprint density at radius 3 is 2.67 bits per heavy atom. The van der Waals surface area contributed by atoms with Crippen LogP contribution in [-0.2, 0) is 16.0 Å². The third-order valence-corrected chi connectivity index (χ3v) is 5.45. The van der Waals surface area contributed by atoms with Gasteiger partial charge in [-0.3, -0.25) is 4.79 Å². The van der Waals surface area contributed by atoms with Gasteiger partial charge in [-0.05, 0) is 58.0 Å². The maximum absolute atomic E-state index is 12.3. The molecule has 4 atom stereocenters. The van der Waals surface area contributed by atoms with E-state index >= 15 is 0 Å². The molecule has 1 aliphatic carbocycles. The molecule has 0 radical (unpaired) electrons. The summed E-state index contributed by atoms with van der Waals surface area (Å²) in [6.07, 6.45) is 3.29. The van der Waals surface area contributed by atoms with Crippen molar-refractivity contribution in [1.29, 1.82) is 0 Å². The number of fused-ring (bicyclic) bond motifs is 1. The molecule has 0 spiro atoms. The molecule has 1 saturated heterocycles. The highest BCUT2D eigenvalue weighted by Crippen LogP contribution is 2.34. The predicted octanol–water partition coefficient (Wildman–Crippen LogP) is 1.78. The molecule has 0 bridgehead atoms. The minimum Gasteiger partial charge on any atom is -0.379 e. The first kappa shape index (κ1) is 19.2. The van der Waals surface area contributed by atoms with Crippen LogP contribution < -0.4 is 10.6 Å². The molecule has 7 heteroatoms. The van der Waals surface area contributed by atoms with Gasteiger partial charge < -0.3 is 19.9 Å². The first-order valence-corrected chi connectivity index (χ1v) is 8.53. The topological polar surface area (TPSA) is 76.4 Å². The average Bonchev–Trinajstić information content (AvgIpc) is 3.11. The van der Waals surface area contributed by atoms with Gasteiger partial charge >= 0.3 is 0 Å². The van der Waals surface area contributed by atoms with Crippen LogP contribution in [0.25, 0.3) is 0 Å². The number of carbonyl (C=O) groups is 1. The van der Waals surface area contributed by atoms with Gasteiger partial charge in [0.2, 0.25) is 5.91 Å². The molecule has 0 aromatic carbocycles. The first-order chi connectivity index (χ1) is 11.1. The molecule has 1 aliphatic heterocycles. The summed E-state index contributed by atoms with van der Waals surface area (Å²) in [6, 6.07) is 0.123. The van der Waals surface area contributed by atoms with Crippen molar-refractivity contribution in [2.24, 2.45) is 11.8 Å². The van der Waals surface area contributed by atoms with Crippen molar-refractivity contribution in [3.05, 3.63) is 17.0 Å². The Morgan fingerprint density at radius 2 is 2.04 bits per heavy atom. The van der Waals surface area contributed by atoms with E-state index in [1.807, 2.05) is 13.8 Å². The molecule has 1 amide bonds. The number of aryl methyl sites for hydroxylation is 2. The van der Waals surface area contributed by atoms with Crippen molar-refractivity contribution in [2.75, 3.05) is 20.2 Å². The number of hydrogen-bond acceptors (Lipinski definition) is 5. The van der Waals surface area contributed by atoms with Gasteiger partial charge in [-0.15, -0.1) is 12.4 Å². The van der Waals surface area contributed by atoms with Gasteiger partial charge in [0.25, 0.3) is 0 Å². The average molecular weight is 358 g/mol. The highest BCUT2D eigenvalue weighted by Gasteiger charge is 2.40. The Hall–Kier alpha value is -1.11. The van der Waals surface area contributed by atoms with Crippen molar-refractivity contribution >= 4 is 18.3 Å². The van der Waals surface area contributed by atoms with Crippen molar-refractivity contribution < 1.29 is 14.1 Å². The second-order valence-corrected chi connectivity index (χ2v) is 6.90. The zero-order chi connectivity index (χ0) is 16.4. The van der Waals surface area contributed by atoms with Crippen molar-refractivity contribution in [1.82, 2.24) is 15.8 Å². The third-order valence-electron chi connectivity index (χ3n) is 5.45. The lowest BCUT2D eigenvalue weighted by Crippen LogP contribution is -2.50. The van der Waals surface area contributed by atoms with E-state index in [0.29, 0.717) is 24.7 Å². The summed E-state index contributed by atoms with van der Waals surface area (Å²) in [6.45, 7) is 5.95. The van der Waals surface area contributed by atoms with E-state index in [0.717, 1.165) is 42.9 Å². The molecule has 0 unspecified atom stereocenters. The minimum absolute atomic E-state index is 0. The molecule has 6 nitrogen and oxygen atoms in total. The summed E-state index contributed by atoms with van der Waals surface area (Å²) in [4.78, 5) is 12.3. The van der Waals surface area contributed by atoms with Gasteiger partial charge in [-0.2, -0.15) is 0 Å². The highest BCUT2D eigenvalue weighted by molar-refractivity contribution is 5.85. The molecule has 136 valence electrons. The largest absolute Gasteiger partial charge is 0.379 e. The summed E-state index contributed by atoms with van der Waals surface area (Å²) in [5.74, 6) is 2.24. The Balaban J connectivity index is 0.00000208. The van der Waals surface area contributed by atoms with Crippen LogP contribution in [0.5, 0.6) is 0 Å². The predicted molar refractivity (Wildman–Crippen MR) is 93.4 cm³/mol. The number of ether oxygens (including phenoxy) is 1. The fourth-order valence-corrected chi connectivity index (χ4v) is 4.07. The lowest BCUT2D eigenvalue weighted by atomic mass is 9.77. The number of amides is 1. The molecular weight excluding hydrogens is 330 g/mol. The van der Waals surface area contributed by atoms with E-state index in [-0.39, 0.29) is 30.5 Å². The lowest BCUT2D eigenvalue weighted by molar-refractivity contribution is -0.123. The van der Waals surface area contributed by atoms with E-state index in [9.17, 15) is 4.79 Å². The van der Waals surface area contributed by atoms with Gasteiger partial charge in [0.05, 0.1) is 17.8 Å². The number of rotatable bonds is 5. The van der Waals surface area contributed by atoms with Gasteiger partial charge in [0, 0.05) is 19.1 Å².